The molecular formula is C16H18N2O3S2. The average molecular weight is 350 g/mol. The van der Waals surface area contributed by atoms with Gasteiger partial charge in [-0.05, 0) is 12.5 Å². The minimum atomic E-state index is -0.846. The smallest absolute Gasteiger partial charge is 0.313 e. The van der Waals surface area contributed by atoms with Gasteiger partial charge in [0.05, 0.1) is 10.8 Å². The van der Waals surface area contributed by atoms with Crippen molar-refractivity contribution in [2.45, 2.75) is 13.3 Å². The Hall–Kier alpha value is -1.86. The molecule has 23 heavy (non-hydrogen) atoms. The van der Waals surface area contributed by atoms with Crippen LogP contribution >= 0.6 is 23.1 Å². The molecule has 1 amide bonds. The molecule has 2 N–H and O–H groups in total. The number of rotatable bonds is 8. The number of carbonyl (C=O) groups excluding carboxylic acids is 1. The van der Waals surface area contributed by atoms with E-state index in [-0.39, 0.29) is 11.7 Å². The van der Waals surface area contributed by atoms with Crippen LogP contribution in [0, 0.1) is 6.92 Å². The van der Waals surface area contributed by atoms with Crippen LogP contribution in [0.5, 0.6) is 0 Å². The summed E-state index contributed by atoms with van der Waals surface area (Å²) < 4.78 is 0. The third-order valence-corrected chi connectivity index (χ3v) is 4.81. The van der Waals surface area contributed by atoms with E-state index in [1.54, 1.807) is 5.38 Å². The normalized spacial score (nSPS) is 10.5. The number of thiazole rings is 1. The molecule has 0 aliphatic rings. The summed E-state index contributed by atoms with van der Waals surface area (Å²) >= 11 is 2.74. The number of hydrogen-bond donors (Lipinski definition) is 2. The number of aliphatic carboxylic acids is 1. The summed E-state index contributed by atoms with van der Waals surface area (Å²) in [5.41, 5.74) is 2.80. The van der Waals surface area contributed by atoms with Crippen LogP contribution in [0.2, 0.25) is 0 Å². The fraction of sp³-hybridized carbons (Fsp3) is 0.312. The monoisotopic (exact) mass is 350 g/mol. The van der Waals surface area contributed by atoms with Gasteiger partial charge in [0.2, 0.25) is 0 Å². The highest BCUT2D eigenvalue weighted by molar-refractivity contribution is 7.99. The minimum Gasteiger partial charge on any atom is -0.481 e. The molecule has 122 valence electrons. The lowest BCUT2D eigenvalue weighted by molar-refractivity contribution is -0.133. The van der Waals surface area contributed by atoms with E-state index in [0.717, 1.165) is 5.01 Å². The van der Waals surface area contributed by atoms with Crippen LogP contribution in [-0.2, 0) is 11.2 Å². The van der Waals surface area contributed by atoms with Crippen LogP contribution in [0.25, 0.3) is 0 Å². The van der Waals surface area contributed by atoms with Gasteiger partial charge in [-0.1, -0.05) is 29.8 Å². The number of nitrogens with one attached hydrogen (secondary N) is 1. The number of nitrogens with zero attached hydrogens (tertiary/aromatic N) is 1. The van der Waals surface area contributed by atoms with Crippen LogP contribution in [0.1, 0.15) is 26.6 Å². The molecule has 5 nitrogen and oxygen atoms in total. The molecule has 2 rings (SSSR count). The number of thioether (sulfide) groups is 1. The highest BCUT2D eigenvalue weighted by atomic mass is 32.2. The van der Waals surface area contributed by atoms with Crippen molar-refractivity contribution in [3.05, 3.63) is 51.5 Å². The topological polar surface area (TPSA) is 79.3 Å². The molecule has 1 heterocycles. The van der Waals surface area contributed by atoms with Crippen LogP contribution in [0.15, 0.2) is 29.6 Å². The number of aryl methyl sites for hydroxylation is 1. The number of carboxylic acid groups (broad SMARTS) is 1. The molecule has 0 saturated carbocycles. The Balaban J connectivity index is 1.80. The van der Waals surface area contributed by atoms with Crippen molar-refractivity contribution in [2.75, 3.05) is 18.1 Å². The lowest BCUT2D eigenvalue weighted by Crippen LogP contribution is -2.26. The third-order valence-electron chi connectivity index (χ3n) is 3.02. The Morgan fingerprint density at radius 3 is 2.74 bits per heavy atom. The van der Waals surface area contributed by atoms with E-state index in [0.29, 0.717) is 24.4 Å². The van der Waals surface area contributed by atoms with Crippen LogP contribution in [0.3, 0.4) is 0 Å². The van der Waals surface area contributed by atoms with Gasteiger partial charge in [0.1, 0.15) is 5.69 Å². The summed E-state index contributed by atoms with van der Waals surface area (Å²) in [7, 11) is 0. The van der Waals surface area contributed by atoms with Gasteiger partial charge in [0.15, 0.2) is 0 Å². The van der Waals surface area contributed by atoms with Gasteiger partial charge in [0, 0.05) is 24.1 Å². The molecule has 0 atom stereocenters. The molecule has 7 heteroatoms. The SMILES string of the molecule is Cc1ccc(Cc2nc(C(=O)NCCSCC(=O)O)cs2)cc1. The van der Waals surface area contributed by atoms with E-state index in [1.165, 1.54) is 34.2 Å². The number of hydrogen-bond acceptors (Lipinski definition) is 5. The van der Waals surface area contributed by atoms with Crippen LogP contribution < -0.4 is 5.32 Å². The predicted octanol–water partition coefficient (Wildman–Crippen LogP) is 2.59. The maximum Gasteiger partial charge on any atom is 0.313 e. The number of amides is 1. The lowest BCUT2D eigenvalue weighted by Gasteiger charge is -2.02. The summed E-state index contributed by atoms with van der Waals surface area (Å²) in [6.45, 7) is 2.48. The number of carboxylic acids is 1. The second-order valence-electron chi connectivity index (χ2n) is 4.99. The molecule has 1 aromatic carbocycles. The third kappa shape index (κ3) is 6.03. The first kappa shape index (κ1) is 17.5. The molecule has 2 aromatic rings. The first-order valence-corrected chi connectivity index (χ1v) is 9.15. The first-order chi connectivity index (χ1) is 11.0. The lowest BCUT2D eigenvalue weighted by atomic mass is 10.1. The zero-order chi connectivity index (χ0) is 16.7. The molecule has 0 aliphatic heterocycles. The van der Waals surface area contributed by atoms with Gasteiger partial charge in [-0.15, -0.1) is 23.1 Å². The van der Waals surface area contributed by atoms with Gasteiger partial charge in [-0.25, -0.2) is 4.98 Å². The molecule has 0 radical (unpaired) electrons. The molecule has 0 saturated heterocycles. The van der Waals surface area contributed by atoms with E-state index in [4.69, 9.17) is 5.11 Å². The van der Waals surface area contributed by atoms with Gasteiger partial charge in [-0.2, -0.15) is 0 Å². The summed E-state index contributed by atoms with van der Waals surface area (Å²) in [6, 6.07) is 8.25. The van der Waals surface area contributed by atoms with Crippen LogP contribution in [-0.4, -0.2) is 40.0 Å². The van der Waals surface area contributed by atoms with Crippen molar-refractivity contribution in [3.63, 3.8) is 0 Å². The number of carbonyl (C=O) groups is 2. The summed E-state index contributed by atoms with van der Waals surface area (Å²) in [6.07, 6.45) is 0.715. The molecular weight excluding hydrogens is 332 g/mol. The van der Waals surface area contributed by atoms with Crippen molar-refractivity contribution in [2.24, 2.45) is 0 Å². The second-order valence-corrected chi connectivity index (χ2v) is 7.04. The zero-order valence-electron chi connectivity index (χ0n) is 12.7. The van der Waals surface area contributed by atoms with Crippen molar-refractivity contribution in [3.8, 4) is 0 Å². The van der Waals surface area contributed by atoms with Crippen molar-refractivity contribution in [1.29, 1.82) is 0 Å². The number of aromatic nitrogens is 1. The molecule has 0 aliphatic carbocycles. The quantitative estimate of drug-likeness (QED) is 0.716. The Bertz CT molecular complexity index is 668. The van der Waals surface area contributed by atoms with Crippen molar-refractivity contribution in [1.82, 2.24) is 10.3 Å². The standard InChI is InChI=1S/C16H18N2O3S2/c1-11-2-4-12(5-3-11)8-14-18-13(9-23-14)16(21)17-6-7-22-10-15(19)20/h2-5,9H,6-8,10H2,1H3,(H,17,21)(H,19,20). The van der Waals surface area contributed by atoms with E-state index < -0.39 is 5.97 Å². The highest BCUT2D eigenvalue weighted by Gasteiger charge is 2.10. The average Bonchev–Trinajstić information content (AvgIpc) is 2.97. The van der Waals surface area contributed by atoms with E-state index >= 15 is 0 Å². The fourth-order valence-electron chi connectivity index (χ4n) is 1.86. The second kappa shape index (κ2) is 8.69. The Labute approximate surface area is 143 Å². The summed E-state index contributed by atoms with van der Waals surface area (Å²) in [5, 5.41) is 13.9. The first-order valence-electron chi connectivity index (χ1n) is 7.12. The maximum atomic E-state index is 12.0. The predicted molar refractivity (Wildman–Crippen MR) is 93.4 cm³/mol. The Morgan fingerprint density at radius 2 is 2.04 bits per heavy atom. The molecule has 1 aromatic heterocycles. The minimum absolute atomic E-state index is 0.0489. The van der Waals surface area contributed by atoms with Gasteiger partial charge >= 0.3 is 5.97 Å². The summed E-state index contributed by atoms with van der Waals surface area (Å²) in [5.74, 6) is -0.444. The summed E-state index contributed by atoms with van der Waals surface area (Å²) in [4.78, 5) is 26.7. The maximum absolute atomic E-state index is 12.0. The number of benzene rings is 1. The molecule has 0 spiro atoms. The van der Waals surface area contributed by atoms with Gasteiger partial charge in [0.25, 0.3) is 5.91 Å². The Kier molecular flexibility index (Phi) is 6.61. The van der Waals surface area contributed by atoms with Gasteiger partial charge < -0.3 is 10.4 Å². The molecule has 0 unspecified atom stereocenters. The van der Waals surface area contributed by atoms with E-state index in [1.807, 2.05) is 6.92 Å². The van der Waals surface area contributed by atoms with E-state index in [9.17, 15) is 9.59 Å². The molecule has 0 fully saturated rings. The fourth-order valence-corrected chi connectivity index (χ4v) is 3.24. The highest BCUT2D eigenvalue weighted by Crippen LogP contribution is 2.15. The van der Waals surface area contributed by atoms with E-state index in [2.05, 4.69) is 34.6 Å². The largest absolute Gasteiger partial charge is 0.481 e. The van der Waals surface area contributed by atoms with Crippen molar-refractivity contribution < 1.29 is 14.7 Å². The Morgan fingerprint density at radius 1 is 1.30 bits per heavy atom. The van der Waals surface area contributed by atoms with Crippen LogP contribution in [0.4, 0.5) is 0 Å². The zero-order valence-corrected chi connectivity index (χ0v) is 14.4. The van der Waals surface area contributed by atoms with Gasteiger partial charge in [-0.3, -0.25) is 9.59 Å². The van der Waals surface area contributed by atoms with Crippen molar-refractivity contribution >= 4 is 35.0 Å². The molecule has 0 bridgehead atoms.